The van der Waals surface area contributed by atoms with E-state index in [9.17, 15) is 0 Å². The van der Waals surface area contributed by atoms with Crippen molar-refractivity contribution >= 4 is 25.3 Å². The zero-order valence-corrected chi connectivity index (χ0v) is 8.30. The van der Waals surface area contributed by atoms with E-state index in [-0.39, 0.29) is 4.08 Å². The Balaban J connectivity index is 2.51. The van der Waals surface area contributed by atoms with E-state index in [1.165, 1.54) is 32.1 Å². The summed E-state index contributed by atoms with van der Waals surface area (Å²) >= 11 is 9.11. The topological polar surface area (TPSA) is 0 Å². The van der Waals surface area contributed by atoms with Gasteiger partial charge in [-0.15, -0.1) is 0 Å². The summed E-state index contributed by atoms with van der Waals surface area (Å²) in [4.78, 5) is 0. The molecular weight excluding hydrogens is 160 g/mol. The van der Waals surface area contributed by atoms with Crippen molar-refractivity contribution in [2.24, 2.45) is 5.92 Å². The van der Waals surface area contributed by atoms with Crippen LogP contribution in [0.1, 0.15) is 39.0 Å². The van der Waals surface area contributed by atoms with Gasteiger partial charge in [0, 0.05) is 0 Å². The highest BCUT2D eigenvalue weighted by atomic mass is 32.2. The Bertz CT molecular complexity index is 110. The Morgan fingerprint density at radius 1 is 1.40 bits per heavy atom. The molecule has 0 bridgehead atoms. The molecule has 10 heavy (non-hydrogen) atoms. The van der Waals surface area contributed by atoms with Crippen molar-refractivity contribution in [2.75, 3.05) is 0 Å². The SMILES string of the molecule is CCC1CCCCC1(S)S. The normalized spacial score (nSPS) is 32.1. The first kappa shape index (κ1) is 8.79. The van der Waals surface area contributed by atoms with E-state index in [0.29, 0.717) is 0 Å². The van der Waals surface area contributed by atoms with Crippen LogP contribution in [-0.2, 0) is 0 Å². The van der Waals surface area contributed by atoms with Crippen LogP contribution in [0.4, 0.5) is 0 Å². The molecule has 1 rings (SSSR count). The summed E-state index contributed by atoms with van der Waals surface area (Å²) < 4.78 is 0.0347. The maximum atomic E-state index is 4.56. The summed E-state index contributed by atoms with van der Waals surface area (Å²) in [7, 11) is 0. The van der Waals surface area contributed by atoms with Crippen molar-refractivity contribution in [3.63, 3.8) is 0 Å². The minimum absolute atomic E-state index is 0.0347. The lowest BCUT2D eigenvalue weighted by Gasteiger charge is -2.36. The zero-order valence-electron chi connectivity index (χ0n) is 6.51. The standard InChI is InChI=1S/C8H16S2/c1-2-7-5-3-4-6-8(7,9)10/h7,9-10H,2-6H2,1H3. The molecule has 0 heterocycles. The molecule has 0 aliphatic heterocycles. The largest absolute Gasteiger partial charge is 0.162 e. The van der Waals surface area contributed by atoms with Gasteiger partial charge in [-0.3, -0.25) is 0 Å². The van der Waals surface area contributed by atoms with E-state index < -0.39 is 0 Å². The van der Waals surface area contributed by atoms with Gasteiger partial charge in [0.1, 0.15) is 0 Å². The first-order valence-electron chi connectivity index (χ1n) is 4.11. The van der Waals surface area contributed by atoms with Gasteiger partial charge in [-0.2, -0.15) is 25.3 Å². The smallest absolute Gasteiger partial charge is 0.0579 e. The van der Waals surface area contributed by atoms with Crippen LogP contribution in [0, 0.1) is 5.92 Å². The molecule has 2 heteroatoms. The molecule has 0 aromatic heterocycles. The quantitative estimate of drug-likeness (QED) is 0.445. The van der Waals surface area contributed by atoms with E-state index in [1.54, 1.807) is 0 Å². The third kappa shape index (κ3) is 1.85. The second-order valence-electron chi connectivity index (χ2n) is 3.23. The van der Waals surface area contributed by atoms with E-state index in [0.717, 1.165) is 5.92 Å². The highest BCUT2D eigenvalue weighted by Gasteiger charge is 2.32. The molecule has 1 aliphatic carbocycles. The molecule has 0 radical (unpaired) electrons. The average Bonchev–Trinajstić information content (AvgIpc) is 1.87. The fraction of sp³-hybridized carbons (Fsp3) is 1.00. The fourth-order valence-corrected chi connectivity index (χ4v) is 2.68. The lowest BCUT2D eigenvalue weighted by Crippen LogP contribution is -2.29. The Kier molecular flexibility index (Phi) is 2.99. The Labute approximate surface area is 74.6 Å². The summed E-state index contributed by atoms with van der Waals surface area (Å²) in [6.07, 6.45) is 6.42. The monoisotopic (exact) mass is 176 g/mol. The second kappa shape index (κ2) is 3.40. The number of thiol groups is 2. The van der Waals surface area contributed by atoms with Gasteiger partial charge in [-0.05, 0) is 18.8 Å². The lowest BCUT2D eigenvalue weighted by molar-refractivity contribution is 0.342. The van der Waals surface area contributed by atoms with Gasteiger partial charge in [0.25, 0.3) is 0 Å². The highest BCUT2D eigenvalue weighted by molar-refractivity contribution is 8.00. The van der Waals surface area contributed by atoms with Crippen LogP contribution in [0.15, 0.2) is 0 Å². The van der Waals surface area contributed by atoms with Crippen LogP contribution in [0.5, 0.6) is 0 Å². The molecule has 1 aliphatic rings. The van der Waals surface area contributed by atoms with Crippen molar-refractivity contribution in [2.45, 2.75) is 43.1 Å². The highest BCUT2D eigenvalue weighted by Crippen LogP contribution is 2.43. The van der Waals surface area contributed by atoms with Crippen LogP contribution >= 0.6 is 25.3 Å². The van der Waals surface area contributed by atoms with Crippen LogP contribution in [0.3, 0.4) is 0 Å². The average molecular weight is 176 g/mol. The Morgan fingerprint density at radius 2 is 2.10 bits per heavy atom. The maximum Gasteiger partial charge on any atom is 0.0579 e. The van der Waals surface area contributed by atoms with Crippen molar-refractivity contribution in [3.8, 4) is 0 Å². The lowest BCUT2D eigenvalue weighted by atomic mass is 9.86. The summed E-state index contributed by atoms with van der Waals surface area (Å²) in [6, 6.07) is 0. The van der Waals surface area contributed by atoms with Gasteiger partial charge in [0.05, 0.1) is 4.08 Å². The molecular formula is C8H16S2. The van der Waals surface area contributed by atoms with Crippen LogP contribution in [0.25, 0.3) is 0 Å². The minimum atomic E-state index is 0.0347. The molecule has 1 saturated carbocycles. The molecule has 0 saturated heterocycles. The van der Waals surface area contributed by atoms with Crippen LogP contribution in [0.2, 0.25) is 0 Å². The van der Waals surface area contributed by atoms with E-state index in [1.807, 2.05) is 0 Å². The number of hydrogen-bond donors (Lipinski definition) is 2. The fourth-order valence-electron chi connectivity index (χ4n) is 1.74. The molecule has 60 valence electrons. The molecule has 1 fully saturated rings. The molecule has 1 atom stereocenters. The van der Waals surface area contributed by atoms with Gasteiger partial charge < -0.3 is 0 Å². The van der Waals surface area contributed by atoms with E-state index in [2.05, 4.69) is 32.2 Å². The first-order valence-corrected chi connectivity index (χ1v) is 5.01. The maximum absolute atomic E-state index is 4.56. The van der Waals surface area contributed by atoms with Crippen molar-refractivity contribution in [3.05, 3.63) is 0 Å². The molecule has 0 nitrogen and oxygen atoms in total. The Morgan fingerprint density at radius 3 is 2.50 bits per heavy atom. The summed E-state index contributed by atoms with van der Waals surface area (Å²) in [5.41, 5.74) is 0. The van der Waals surface area contributed by atoms with Gasteiger partial charge in [0.2, 0.25) is 0 Å². The Hall–Kier alpha value is 0.700. The van der Waals surface area contributed by atoms with Gasteiger partial charge in [0.15, 0.2) is 0 Å². The first-order chi connectivity index (χ1) is 4.67. The van der Waals surface area contributed by atoms with E-state index in [4.69, 9.17) is 0 Å². The van der Waals surface area contributed by atoms with Crippen molar-refractivity contribution in [1.29, 1.82) is 0 Å². The number of rotatable bonds is 1. The molecule has 0 spiro atoms. The zero-order chi connectivity index (χ0) is 7.61. The molecule has 0 N–H and O–H groups in total. The summed E-state index contributed by atoms with van der Waals surface area (Å²) in [5, 5.41) is 0. The third-order valence-corrected chi connectivity index (χ3v) is 3.67. The van der Waals surface area contributed by atoms with Gasteiger partial charge in [-0.25, -0.2) is 0 Å². The molecule has 1 unspecified atom stereocenters. The summed E-state index contributed by atoms with van der Waals surface area (Å²) in [5.74, 6) is 0.730. The predicted octanol–water partition coefficient (Wildman–Crippen LogP) is 3.14. The predicted molar refractivity (Wildman–Crippen MR) is 53.0 cm³/mol. The third-order valence-electron chi connectivity index (χ3n) is 2.49. The van der Waals surface area contributed by atoms with Crippen LogP contribution in [-0.4, -0.2) is 4.08 Å². The van der Waals surface area contributed by atoms with Gasteiger partial charge in [-0.1, -0.05) is 26.2 Å². The van der Waals surface area contributed by atoms with E-state index >= 15 is 0 Å². The van der Waals surface area contributed by atoms with Gasteiger partial charge >= 0.3 is 0 Å². The molecule has 0 amide bonds. The van der Waals surface area contributed by atoms with Crippen molar-refractivity contribution in [1.82, 2.24) is 0 Å². The number of hydrogen-bond acceptors (Lipinski definition) is 2. The molecule has 0 aromatic rings. The summed E-state index contributed by atoms with van der Waals surface area (Å²) in [6.45, 7) is 2.23. The minimum Gasteiger partial charge on any atom is -0.162 e. The van der Waals surface area contributed by atoms with Crippen LogP contribution < -0.4 is 0 Å². The van der Waals surface area contributed by atoms with Crippen molar-refractivity contribution < 1.29 is 0 Å². The molecule has 0 aromatic carbocycles. The second-order valence-corrected chi connectivity index (χ2v) is 5.18.